The van der Waals surface area contributed by atoms with Gasteiger partial charge < -0.3 is 4.74 Å². The molecule has 3 aromatic carbocycles. The number of methoxy groups -OCH3 is 1. The van der Waals surface area contributed by atoms with Crippen LogP contribution >= 0.6 is 11.6 Å². The second kappa shape index (κ2) is 10.9. The number of halogens is 1. The van der Waals surface area contributed by atoms with Gasteiger partial charge in [0.2, 0.25) is 10.0 Å². The maximum atomic E-state index is 13.2. The van der Waals surface area contributed by atoms with Crippen molar-refractivity contribution in [3.05, 3.63) is 95.0 Å². The first-order valence-corrected chi connectivity index (χ1v) is 11.5. The average Bonchev–Trinajstić information content (AvgIpc) is 2.80. The summed E-state index contributed by atoms with van der Waals surface area (Å²) in [6, 6.07) is 22.0. The molecule has 0 saturated heterocycles. The number of hydrogen-bond acceptors (Lipinski definition) is 5. The summed E-state index contributed by atoms with van der Waals surface area (Å²) in [5.74, 6) is 0.0842. The number of carbonyl (C=O) groups excluding carboxylic acids is 1. The van der Waals surface area contributed by atoms with Gasteiger partial charge in [-0.1, -0.05) is 54.1 Å². The molecule has 32 heavy (non-hydrogen) atoms. The Morgan fingerprint density at radius 2 is 1.78 bits per heavy atom. The summed E-state index contributed by atoms with van der Waals surface area (Å²) < 4.78 is 32.6. The summed E-state index contributed by atoms with van der Waals surface area (Å²) in [7, 11) is -2.40. The highest BCUT2D eigenvalue weighted by Gasteiger charge is 2.27. The summed E-state index contributed by atoms with van der Waals surface area (Å²) in [5, 5.41) is 4.34. The normalized spacial score (nSPS) is 11.6. The van der Waals surface area contributed by atoms with Gasteiger partial charge in [0.1, 0.15) is 5.75 Å². The largest absolute Gasteiger partial charge is 0.497 e. The van der Waals surface area contributed by atoms with E-state index < -0.39 is 22.5 Å². The first kappa shape index (κ1) is 23.5. The van der Waals surface area contributed by atoms with Crippen LogP contribution in [-0.2, 0) is 21.4 Å². The number of amides is 1. The van der Waals surface area contributed by atoms with E-state index in [4.69, 9.17) is 16.3 Å². The minimum Gasteiger partial charge on any atom is -0.497 e. The minimum absolute atomic E-state index is 0.0266. The molecule has 166 valence electrons. The van der Waals surface area contributed by atoms with E-state index in [0.717, 1.165) is 15.4 Å². The highest BCUT2D eigenvalue weighted by molar-refractivity contribution is 7.89. The molecule has 1 amide bonds. The summed E-state index contributed by atoms with van der Waals surface area (Å²) in [5.41, 5.74) is 3.85. The van der Waals surface area contributed by atoms with E-state index in [-0.39, 0.29) is 11.4 Å². The van der Waals surface area contributed by atoms with E-state index in [0.29, 0.717) is 10.8 Å². The van der Waals surface area contributed by atoms with Gasteiger partial charge in [0.15, 0.2) is 0 Å². The molecule has 0 bridgehead atoms. The molecule has 0 fully saturated rings. The fourth-order valence-electron chi connectivity index (χ4n) is 2.86. The van der Waals surface area contributed by atoms with Gasteiger partial charge in [0.05, 0.1) is 24.8 Å². The Labute approximate surface area is 192 Å². The van der Waals surface area contributed by atoms with Crippen LogP contribution in [-0.4, -0.2) is 38.5 Å². The van der Waals surface area contributed by atoms with Gasteiger partial charge in [-0.3, -0.25) is 4.79 Å². The number of hydrazone groups is 1. The molecule has 0 unspecified atom stereocenters. The van der Waals surface area contributed by atoms with Gasteiger partial charge in [0, 0.05) is 11.6 Å². The van der Waals surface area contributed by atoms with Crippen LogP contribution in [0.1, 0.15) is 11.1 Å². The Kier molecular flexibility index (Phi) is 7.99. The lowest BCUT2D eigenvalue weighted by Crippen LogP contribution is -2.39. The van der Waals surface area contributed by atoms with Crippen molar-refractivity contribution in [3.8, 4) is 5.75 Å². The van der Waals surface area contributed by atoms with Crippen LogP contribution in [0.15, 0.2) is 88.9 Å². The zero-order valence-corrected chi connectivity index (χ0v) is 18.9. The van der Waals surface area contributed by atoms with E-state index in [1.807, 2.05) is 6.07 Å². The summed E-state index contributed by atoms with van der Waals surface area (Å²) in [6.45, 7) is -0.381. The number of nitrogens with zero attached hydrogens (tertiary/aromatic N) is 2. The van der Waals surface area contributed by atoms with Crippen molar-refractivity contribution >= 4 is 33.7 Å². The van der Waals surface area contributed by atoms with Gasteiger partial charge >= 0.3 is 0 Å². The monoisotopic (exact) mass is 471 g/mol. The molecule has 0 aliphatic carbocycles. The van der Waals surface area contributed by atoms with Crippen molar-refractivity contribution in [2.45, 2.75) is 11.4 Å². The minimum atomic E-state index is -3.95. The molecule has 3 aromatic rings. The second-order valence-corrected chi connectivity index (χ2v) is 9.16. The molecule has 0 saturated carbocycles. The number of carbonyl (C=O) groups is 1. The summed E-state index contributed by atoms with van der Waals surface area (Å²) >= 11 is 5.89. The fourth-order valence-corrected chi connectivity index (χ4v) is 4.38. The number of rotatable bonds is 9. The molecule has 0 aliphatic rings. The van der Waals surface area contributed by atoms with E-state index in [1.165, 1.54) is 30.5 Å². The molecule has 0 aromatic heterocycles. The van der Waals surface area contributed by atoms with Crippen LogP contribution < -0.4 is 10.2 Å². The van der Waals surface area contributed by atoms with Crippen molar-refractivity contribution in [2.24, 2.45) is 5.10 Å². The van der Waals surface area contributed by atoms with E-state index in [9.17, 15) is 13.2 Å². The van der Waals surface area contributed by atoms with Crippen LogP contribution in [0.3, 0.4) is 0 Å². The molecular formula is C23H22ClN3O4S. The van der Waals surface area contributed by atoms with E-state index in [2.05, 4.69) is 10.5 Å². The van der Waals surface area contributed by atoms with Crippen LogP contribution in [0.4, 0.5) is 0 Å². The zero-order valence-electron chi connectivity index (χ0n) is 17.3. The lowest BCUT2D eigenvalue weighted by Gasteiger charge is -2.21. The van der Waals surface area contributed by atoms with E-state index in [1.54, 1.807) is 55.6 Å². The second-order valence-electron chi connectivity index (χ2n) is 6.78. The van der Waals surface area contributed by atoms with Crippen LogP contribution in [0.5, 0.6) is 5.75 Å². The molecule has 0 spiro atoms. The summed E-state index contributed by atoms with van der Waals surface area (Å²) in [4.78, 5) is 12.6. The van der Waals surface area contributed by atoms with Crippen LogP contribution in [0.25, 0.3) is 0 Å². The predicted octanol–water partition coefficient (Wildman–Crippen LogP) is 3.69. The number of ether oxygens (including phenoxy) is 1. The Bertz CT molecular complexity index is 1180. The van der Waals surface area contributed by atoms with Gasteiger partial charge in [-0.25, -0.2) is 13.8 Å². The standard InChI is InChI=1S/C23H22ClN3O4S/c1-31-21-9-5-8-19(14-21)15-25-26-23(28)17-27(16-18-6-3-2-4-7-18)32(29,30)22-12-10-20(24)11-13-22/h2-15H,16-17H2,1H3,(H,26,28)/b25-15-. The molecule has 1 N–H and O–H groups in total. The number of benzene rings is 3. The van der Waals surface area contributed by atoms with Crippen LogP contribution in [0.2, 0.25) is 5.02 Å². The molecule has 7 nitrogen and oxygen atoms in total. The zero-order chi connectivity index (χ0) is 23.0. The van der Waals surface area contributed by atoms with E-state index >= 15 is 0 Å². The molecule has 9 heteroatoms. The van der Waals surface area contributed by atoms with Crippen molar-refractivity contribution in [2.75, 3.05) is 13.7 Å². The quantitative estimate of drug-likeness (QED) is 0.381. The van der Waals surface area contributed by atoms with Crippen molar-refractivity contribution in [1.29, 1.82) is 0 Å². The topological polar surface area (TPSA) is 88.1 Å². The average molecular weight is 472 g/mol. The number of nitrogens with one attached hydrogen (secondary N) is 1. The van der Waals surface area contributed by atoms with Crippen molar-refractivity contribution < 1.29 is 17.9 Å². The number of hydrogen-bond donors (Lipinski definition) is 1. The lowest BCUT2D eigenvalue weighted by molar-refractivity contribution is -0.121. The molecule has 0 heterocycles. The van der Waals surface area contributed by atoms with Gasteiger partial charge in [-0.15, -0.1) is 0 Å². The summed E-state index contributed by atoms with van der Waals surface area (Å²) in [6.07, 6.45) is 1.45. The Morgan fingerprint density at radius 3 is 2.47 bits per heavy atom. The Balaban J connectivity index is 1.76. The van der Waals surface area contributed by atoms with Crippen molar-refractivity contribution in [3.63, 3.8) is 0 Å². The molecule has 3 rings (SSSR count). The van der Waals surface area contributed by atoms with Crippen LogP contribution in [0, 0.1) is 0 Å². The fraction of sp³-hybridized carbons (Fsp3) is 0.130. The third-order valence-electron chi connectivity index (χ3n) is 4.47. The first-order chi connectivity index (χ1) is 15.4. The molecule has 0 atom stereocenters. The highest BCUT2D eigenvalue weighted by atomic mass is 35.5. The lowest BCUT2D eigenvalue weighted by atomic mass is 10.2. The van der Waals surface area contributed by atoms with Crippen molar-refractivity contribution in [1.82, 2.24) is 9.73 Å². The molecule has 0 aliphatic heterocycles. The first-order valence-electron chi connectivity index (χ1n) is 9.64. The van der Waals surface area contributed by atoms with Gasteiger partial charge in [-0.05, 0) is 47.5 Å². The molecular weight excluding hydrogens is 450 g/mol. The number of sulfonamides is 1. The van der Waals surface area contributed by atoms with Gasteiger partial charge in [-0.2, -0.15) is 9.41 Å². The maximum Gasteiger partial charge on any atom is 0.255 e. The highest BCUT2D eigenvalue weighted by Crippen LogP contribution is 2.20. The third-order valence-corrected chi connectivity index (χ3v) is 6.53. The maximum absolute atomic E-state index is 13.2. The molecule has 0 radical (unpaired) electrons. The Morgan fingerprint density at radius 1 is 1.06 bits per heavy atom. The smallest absolute Gasteiger partial charge is 0.255 e. The third kappa shape index (κ3) is 6.40. The Hall–Kier alpha value is -3.20. The predicted molar refractivity (Wildman–Crippen MR) is 124 cm³/mol. The van der Waals surface area contributed by atoms with Gasteiger partial charge in [0.25, 0.3) is 5.91 Å². The SMILES string of the molecule is COc1cccc(/C=N\NC(=O)CN(Cc2ccccc2)S(=O)(=O)c2ccc(Cl)cc2)c1.